The summed E-state index contributed by atoms with van der Waals surface area (Å²) in [4.78, 5) is 13.5. The van der Waals surface area contributed by atoms with Crippen molar-refractivity contribution in [3.63, 3.8) is 0 Å². The predicted molar refractivity (Wildman–Crippen MR) is 135 cm³/mol. The van der Waals surface area contributed by atoms with Gasteiger partial charge in [0.05, 0.1) is 21.8 Å². The lowest BCUT2D eigenvalue weighted by Crippen LogP contribution is -2.64. The maximum atomic E-state index is 14.0. The number of alkyl halides is 6. The number of ether oxygens (including phenoxy) is 1. The second-order valence-corrected chi connectivity index (χ2v) is 11.8. The molecule has 4 aromatic rings. The van der Waals surface area contributed by atoms with E-state index in [1.54, 1.807) is 42.5 Å². The van der Waals surface area contributed by atoms with Crippen molar-refractivity contribution in [1.82, 2.24) is 0 Å². The Kier molecular flexibility index (Phi) is 5.99. The minimum absolute atomic E-state index is 0.171. The van der Waals surface area contributed by atoms with Gasteiger partial charge >= 0.3 is 23.9 Å². The van der Waals surface area contributed by atoms with Crippen LogP contribution in [0.1, 0.15) is 40.5 Å². The topological polar surface area (TPSA) is 83.5 Å². The molecule has 0 aliphatic heterocycles. The number of hydrogen-bond acceptors (Lipinski definition) is 5. The molecule has 0 saturated carbocycles. The van der Waals surface area contributed by atoms with Crippen LogP contribution in [0.15, 0.2) is 72.8 Å². The van der Waals surface area contributed by atoms with Gasteiger partial charge in [0.2, 0.25) is 0 Å². The van der Waals surface area contributed by atoms with E-state index >= 15 is 0 Å². The maximum Gasteiger partial charge on any atom is 0.438 e. The molecule has 2 bridgehead atoms. The lowest BCUT2D eigenvalue weighted by molar-refractivity contribution is -0.362. The van der Waals surface area contributed by atoms with E-state index in [0.29, 0.717) is 16.5 Å². The Balaban J connectivity index is 1.55. The number of carbonyl (C=O) groups is 1. The largest absolute Gasteiger partial charge is 0.748 e. The van der Waals surface area contributed by atoms with Crippen molar-refractivity contribution >= 4 is 37.6 Å². The van der Waals surface area contributed by atoms with Crippen LogP contribution in [-0.2, 0) is 19.6 Å². The Bertz CT molecular complexity index is 1810. The Morgan fingerprint density at radius 2 is 1.37 bits per heavy atom. The molecule has 0 N–H and O–H groups in total. The number of benzene rings is 4. The molecular formula is C29H19F6O5S-. The third-order valence-electron chi connectivity index (χ3n) is 8.12. The number of esters is 1. The molecule has 0 radical (unpaired) electrons. The number of rotatable bonds is 4. The van der Waals surface area contributed by atoms with Crippen LogP contribution >= 0.6 is 0 Å². The van der Waals surface area contributed by atoms with Crippen molar-refractivity contribution in [2.45, 2.75) is 36.2 Å². The quantitative estimate of drug-likeness (QED) is 0.152. The molecule has 0 aromatic heterocycles. The molecule has 3 unspecified atom stereocenters. The van der Waals surface area contributed by atoms with Gasteiger partial charge in [-0.2, -0.15) is 26.3 Å². The van der Waals surface area contributed by atoms with Gasteiger partial charge in [0.1, 0.15) is 0 Å². The van der Waals surface area contributed by atoms with Gasteiger partial charge in [-0.15, -0.1) is 0 Å². The Labute approximate surface area is 229 Å². The van der Waals surface area contributed by atoms with Gasteiger partial charge in [-0.1, -0.05) is 72.8 Å². The standard InChI is InChI=1S/C29H20F6O5S/c30-28(31,32)27(29(33,34)35,14-41(37,38)39)40-26(36)23-13-21-19-10-9-15-5-3-4-8-18(15)24(19)25(23)22-12-17-7-2-1-6-16(17)11-20(21)22/h1-12,21,23,25H,13-14H2,(H,37,38,39)/p-1. The van der Waals surface area contributed by atoms with Crippen LogP contribution in [0, 0.1) is 5.92 Å². The van der Waals surface area contributed by atoms with Gasteiger partial charge < -0.3 is 9.29 Å². The highest BCUT2D eigenvalue weighted by molar-refractivity contribution is 7.85. The number of halogens is 6. The highest BCUT2D eigenvalue weighted by Crippen LogP contribution is 2.59. The van der Waals surface area contributed by atoms with E-state index in [9.17, 15) is 44.1 Å². The van der Waals surface area contributed by atoms with Crippen LogP contribution in [0.3, 0.4) is 0 Å². The summed E-state index contributed by atoms with van der Waals surface area (Å²) in [5.41, 5.74) is -2.79. The second kappa shape index (κ2) is 8.93. The average molecular weight is 594 g/mol. The van der Waals surface area contributed by atoms with Crippen LogP contribution in [-0.4, -0.2) is 42.6 Å². The summed E-state index contributed by atoms with van der Waals surface area (Å²) >= 11 is 0. The van der Waals surface area contributed by atoms with E-state index in [1.807, 2.05) is 30.3 Å². The van der Waals surface area contributed by atoms with Gasteiger partial charge in [0.15, 0.2) is 0 Å². The fraction of sp³-hybridized carbons (Fsp3) is 0.276. The minimum Gasteiger partial charge on any atom is -0.748 e. The molecule has 12 heteroatoms. The van der Waals surface area contributed by atoms with E-state index in [4.69, 9.17) is 0 Å². The molecule has 4 aromatic carbocycles. The van der Waals surface area contributed by atoms with Crippen molar-refractivity contribution in [3.05, 3.63) is 95.1 Å². The van der Waals surface area contributed by atoms with Crippen molar-refractivity contribution in [2.24, 2.45) is 5.92 Å². The summed E-state index contributed by atoms with van der Waals surface area (Å²) in [6.07, 6.45) is -13.0. The normalized spacial score (nSPS) is 20.6. The highest BCUT2D eigenvalue weighted by atomic mass is 32.2. The van der Waals surface area contributed by atoms with E-state index in [2.05, 4.69) is 4.74 Å². The number of hydrogen-bond donors (Lipinski definition) is 0. The molecule has 5 nitrogen and oxygen atoms in total. The smallest absolute Gasteiger partial charge is 0.438 e. The Hall–Kier alpha value is -3.64. The lowest BCUT2D eigenvalue weighted by atomic mass is 9.58. The average Bonchev–Trinajstić information content (AvgIpc) is 2.89. The first-order valence-corrected chi connectivity index (χ1v) is 14.0. The van der Waals surface area contributed by atoms with Crippen molar-refractivity contribution in [3.8, 4) is 0 Å². The molecular weight excluding hydrogens is 574 g/mol. The predicted octanol–water partition coefficient (Wildman–Crippen LogP) is 6.54. The molecule has 0 amide bonds. The summed E-state index contributed by atoms with van der Waals surface area (Å²) in [5, 5.41) is 3.06. The van der Waals surface area contributed by atoms with Crippen LogP contribution in [0.2, 0.25) is 0 Å². The van der Waals surface area contributed by atoms with Crippen molar-refractivity contribution < 1.29 is 48.8 Å². The molecule has 0 saturated heterocycles. The zero-order valence-electron chi connectivity index (χ0n) is 20.8. The summed E-state index contributed by atoms with van der Waals surface area (Å²) < 4.78 is 122. The third kappa shape index (κ3) is 4.26. The summed E-state index contributed by atoms with van der Waals surface area (Å²) in [6, 6.07) is 21.7. The molecule has 0 fully saturated rings. The molecule has 0 spiro atoms. The Morgan fingerprint density at radius 3 is 1.95 bits per heavy atom. The molecule has 3 aliphatic carbocycles. The first kappa shape index (κ1) is 27.5. The monoisotopic (exact) mass is 593 g/mol. The fourth-order valence-corrected chi connectivity index (χ4v) is 7.28. The second-order valence-electron chi connectivity index (χ2n) is 10.4. The van der Waals surface area contributed by atoms with Gasteiger partial charge in [0, 0.05) is 11.8 Å². The minimum atomic E-state index is -6.44. The van der Waals surface area contributed by atoms with Crippen LogP contribution < -0.4 is 0 Å². The summed E-state index contributed by atoms with van der Waals surface area (Å²) in [5.74, 6) is -7.98. The van der Waals surface area contributed by atoms with E-state index < -0.39 is 57.5 Å². The lowest BCUT2D eigenvalue weighted by Gasteiger charge is -2.46. The summed E-state index contributed by atoms with van der Waals surface area (Å²) in [6.45, 7) is 0. The van der Waals surface area contributed by atoms with E-state index in [0.717, 1.165) is 27.3 Å². The molecule has 7 rings (SSSR count). The molecule has 3 atom stereocenters. The fourth-order valence-electron chi connectivity index (χ4n) is 6.39. The summed E-state index contributed by atoms with van der Waals surface area (Å²) in [7, 11) is -6.15. The Morgan fingerprint density at radius 1 is 0.805 bits per heavy atom. The van der Waals surface area contributed by atoms with Gasteiger partial charge in [-0.3, -0.25) is 4.79 Å². The molecule has 41 heavy (non-hydrogen) atoms. The zero-order valence-corrected chi connectivity index (χ0v) is 21.6. The number of fused-ring (bicyclic) bond motifs is 3. The first-order chi connectivity index (χ1) is 19.1. The number of carbonyl (C=O) groups excluding carboxylic acids is 1. The highest BCUT2D eigenvalue weighted by Gasteiger charge is 2.75. The maximum absolute atomic E-state index is 14.0. The van der Waals surface area contributed by atoms with E-state index in [1.165, 1.54) is 0 Å². The zero-order chi connectivity index (χ0) is 29.5. The molecule has 3 aliphatic rings. The SMILES string of the molecule is O=C(OC(CS(=O)(=O)[O-])(C(F)(F)F)C(F)(F)F)C1CC2c3cc4ccccc4cc3C1c1c2ccc2ccccc12. The van der Waals surface area contributed by atoms with E-state index in [-0.39, 0.29) is 6.42 Å². The van der Waals surface area contributed by atoms with Gasteiger partial charge in [-0.25, -0.2) is 8.42 Å². The van der Waals surface area contributed by atoms with Crippen LogP contribution in [0.4, 0.5) is 26.3 Å². The van der Waals surface area contributed by atoms with Crippen molar-refractivity contribution in [1.29, 1.82) is 0 Å². The molecule has 0 heterocycles. The van der Waals surface area contributed by atoms with Crippen LogP contribution in [0.25, 0.3) is 21.5 Å². The van der Waals surface area contributed by atoms with Gasteiger partial charge in [-0.05, 0) is 50.2 Å². The van der Waals surface area contributed by atoms with Gasteiger partial charge in [0.25, 0.3) is 0 Å². The van der Waals surface area contributed by atoms with Crippen LogP contribution in [0.5, 0.6) is 0 Å². The third-order valence-corrected chi connectivity index (χ3v) is 8.88. The van der Waals surface area contributed by atoms with Crippen molar-refractivity contribution in [2.75, 3.05) is 5.75 Å². The first-order valence-electron chi connectivity index (χ1n) is 12.5. The molecule has 214 valence electrons.